The van der Waals surface area contributed by atoms with E-state index in [1.54, 1.807) is 49.2 Å². The number of H-pyrrole nitrogens is 1. The number of rotatable bonds is 7. The van der Waals surface area contributed by atoms with Crippen LogP contribution in [0.2, 0.25) is 0 Å². The molecule has 40 heavy (non-hydrogen) atoms. The van der Waals surface area contributed by atoms with E-state index in [4.69, 9.17) is 9.15 Å². The number of benzene rings is 1. The van der Waals surface area contributed by atoms with Crippen LogP contribution < -0.4 is 20.5 Å². The number of carbonyl (C=O) groups is 1. The van der Waals surface area contributed by atoms with Crippen LogP contribution in [0, 0.1) is 6.92 Å². The lowest BCUT2D eigenvalue weighted by Crippen LogP contribution is -2.39. The highest BCUT2D eigenvalue weighted by molar-refractivity contribution is 9.10. The van der Waals surface area contributed by atoms with Gasteiger partial charge in [0.2, 0.25) is 0 Å². The van der Waals surface area contributed by atoms with Gasteiger partial charge in [-0.1, -0.05) is 23.5 Å². The average Bonchev–Trinajstić information content (AvgIpc) is 3.40. The van der Waals surface area contributed by atoms with E-state index in [1.165, 1.54) is 17.4 Å². The van der Waals surface area contributed by atoms with E-state index in [0.29, 0.717) is 46.8 Å². The van der Waals surface area contributed by atoms with Gasteiger partial charge < -0.3 is 14.1 Å². The number of thiazole rings is 1. The molecule has 13 heteroatoms. The molecule has 0 saturated carbocycles. The summed E-state index contributed by atoms with van der Waals surface area (Å²) in [6.45, 7) is 5.44. The molecule has 0 fully saturated rings. The van der Waals surface area contributed by atoms with Crippen molar-refractivity contribution in [2.24, 2.45) is 4.99 Å². The third-order valence-electron chi connectivity index (χ3n) is 5.93. The molecule has 0 bridgehead atoms. The summed E-state index contributed by atoms with van der Waals surface area (Å²) in [5, 5.41) is 0.861. The number of nitrogens with zero attached hydrogens (tertiary/aromatic N) is 3. The normalized spacial score (nSPS) is 15.2. The number of nitrogens with one attached hydrogen (secondary N) is 1. The zero-order valence-electron chi connectivity index (χ0n) is 21.8. The van der Waals surface area contributed by atoms with Crippen LogP contribution in [0.1, 0.15) is 36.9 Å². The van der Waals surface area contributed by atoms with Crippen LogP contribution in [0.3, 0.4) is 0 Å². The lowest BCUT2D eigenvalue weighted by Gasteiger charge is -2.24. The standard InChI is InChI=1S/C27H23BrN4O5S3/c1-5-36-24(35)21-14(3)30-27-32(22(21)15-6-8-17(38-4)9-7-15)23(34)19(39-27)12-16-11-18(28)25(37-16)40-26-29-13(2)10-20(33)31-26/h6-12,22H,5H2,1-4H3,(H,29,31,33)/b19-12+/t22-/m1/s1. The van der Waals surface area contributed by atoms with E-state index in [2.05, 4.69) is 30.9 Å². The number of allylic oxidation sites excluding steroid dienone is 1. The summed E-state index contributed by atoms with van der Waals surface area (Å²) < 4.78 is 13.9. The van der Waals surface area contributed by atoms with Gasteiger partial charge in [0.15, 0.2) is 15.1 Å². The number of fused-ring (bicyclic) bond motifs is 1. The van der Waals surface area contributed by atoms with Gasteiger partial charge in [-0.3, -0.25) is 14.2 Å². The summed E-state index contributed by atoms with van der Waals surface area (Å²) >= 11 is 7.46. The summed E-state index contributed by atoms with van der Waals surface area (Å²) in [7, 11) is 0. The van der Waals surface area contributed by atoms with Gasteiger partial charge in [0.1, 0.15) is 5.76 Å². The highest BCUT2D eigenvalue weighted by Crippen LogP contribution is 2.35. The Bertz CT molecular complexity index is 1890. The molecule has 4 aromatic rings. The molecule has 1 atom stereocenters. The second kappa shape index (κ2) is 11.8. The van der Waals surface area contributed by atoms with Crippen molar-refractivity contribution in [1.82, 2.24) is 14.5 Å². The number of hydrogen-bond acceptors (Lipinski definition) is 10. The third-order valence-corrected chi connectivity index (χ3v) is 9.39. The number of halogens is 1. The van der Waals surface area contributed by atoms with Crippen molar-refractivity contribution in [3.05, 3.63) is 99.2 Å². The minimum absolute atomic E-state index is 0.206. The number of hydrogen-bond donors (Lipinski definition) is 1. The van der Waals surface area contributed by atoms with Gasteiger partial charge in [-0.15, -0.1) is 11.8 Å². The number of thioether (sulfide) groups is 1. The fourth-order valence-electron chi connectivity index (χ4n) is 4.22. The van der Waals surface area contributed by atoms with Crippen molar-refractivity contribution < 1.29 is 13.9 Å². The number of ether oxygens (including phenoxy) is 1. The lowest BCUT2D eigenvalue weighted by molar-refractivity contribution is -0.139. The maximum Gasteiger partial charge on any atom is 0.338 e. The van der Waals surface area contributed by atoms with Crippen molar-refractivity contribution in [3.63, 3.8) is 0 Å². The SMILES string of the molecule is CCOC(=O)C1=C(C)N=c2s/c(=C/c3cc(Br)c(Sc4nc(C)cc(=O)[nH]4)o3)c(=O)n2[C@@H]1c1ccc(SC)cc1. The molecule has 0 saturated heterocycles. The smallest absolute Gasteiger partial charge is 0.338 e. The summed E-state index contributed by atoms with van der Waals surface area (Å²) in [4.78, 5) is 51.8. The first kappa shape index (κ1) is 28.4. The Balaban J connectivity index is 1.59. The lowest BCUT2D eigenvalue weighted by atomic mass is 9.96. The predicted molar refractivity (Wildman–Crippen MR) is 159 cm³/mol. The Morgan fingerprint density at radius 1 is 1.25 bits per heavy atom. The molecule has 3 aromatic heterocycles. The summed E-state index contributed by atoms with van der Waals surface area (Å²) in [5.41, 5.74) is 1.64. The number of aryl methyl sites for hydroxylation is 1. The summed E-state index contributed by atoms with van der Waals surface area (Å²) in [6, 6.07) is 10.2. The van der Waals surface area contributed by atoms with Crippen LogP contribution >= 0.6 is 50.8 Å². The van der Waals surface area contributed by atoms with Gasteiger partial charge in [0.05, 0.1) is 32.9 Å². The van der Waals surface area contributed by atoms with Crippen molar-refractivity contribution in [1.29, 1.82) is 0 Å². The van der Waals surface area contributed by atoms with Gasteiger partial charge in [0.25, 0.3) is 11.1 Å². The van der Waals surface area contributed by atoms with E-state index in [-0.39, 0.29) is 17.7 Å². The van der Waals surface area contributed by atoms with E-state index < -0.39 is 12.0 Å². The average molecular weight is 660 g/mol. The fourth-order valence-corrected chi connectivity index (χ4v) is 7.02. The van der Waals surface area contributed by atoms with E-state index >= 15 is 0 Å². The third kappa shape index (κ3) is 5.69. The molecule has 0 aliphatic carbocycles. The molecular weight excluding hydrogens is 636 g/mol. The summed E-state index contributed by atoms with van der Waals surface area (Å²) in [5.74, 6) is -0.0757. The van der Waals surface area contributed by atoms with Crippen LogP contribution in [-0.2, 0) is 9.53 Å². The number of furan rings is 1. The van der Waals surface area contributed by atoms with Crippen LogP contribution in [-0.4, -0.2) is 33.4 Å². The van der Waals surface area contributed by atoms with Crippen LogP contribution in [0.15, 0.2) is 86.3 Å². The van der Waals surface area contributed by atoms with E-state index in [9.17, 15) is 14.4 Å². The van der Waals surface area contributed by atoms with Gasteiger partial charge in [0, 0.05) is 22.7 Å². The second-order valence-corrected chi connectivity index (χ2v) is 12.4. The monoisotopic (exact) mass is 658 g/mol. The van der Waals surface area contributed by atoms with Gasteiger partial charge in [-0.25, -0.2) is 14.8 Å². The van der Waals surface area contributed by atoms with Gasteiger partial charge in [-0.05, 0) is 78.5 Å². The van der Waals surface area contributed by atoms with Crippen molar-refractivity contribution in [3.8, 4) is 0 Å². The topological polar surface area (TPSA) is 120 Å². The fraction of sp³-hybridized carbons (Fsp3) is 0.222. The molecule has 1 aliphatic rings. The van der Waals surface area contributed by atoms with E-state index in [1.807, 2.05) is 30.5 Å². The predicted octanol–water partition coefficient (Wildman–Crippen LogP) is 4.42. The van der Waals surface area contributed by atoms with E-state index in [0.717, 1.165) is 22.2 Å². The van der Waals surface area contributed by atoms with Gasteiger partial charge in [-0.2, -0.15) is 0 Å². The zero-order valence-corrected chi connectivity index (χ0v) is 25.8. The van der Waals surface area contributed by atoms with Crippen LogP contribution in [0.25, 0.3) is 6.08 Å². The van der Waals surface area contributed by atoms with Crippen molar-refractivity contribution in [2.75, 3.05) is 12.9 Å². The Labute approximate surface area is 249 Å². The second-order valence-electron chi connectivity index (χ2n) is 8.65. The molecular formula is C27H23BrN4O5S3. The first-order valence-corrected chi connectivity index (χ1v) is 15.7. The molecule has 1 N–H and O–H groups in total. The Kier molecular flexibility index (Phi) is 8.36. The minimum Gasteiger partial charge on any atom is -0.463 e. The molecule has 0 radical (unpaired) electrons. The molecule has 0 spiro atoms. The highest BCUT2D eigenvalue weighted by Gasteiger charge is 2.33. The largest absolute Gasteiger partial charge is 0.463 e. The molecule has 1 aromatic carbocycles. The molecule has 0 amide bonds. The molecule has 206 valence electrons. The molecule has 0 unspecified atom stereocenters. The first-order chi connectivity index (χ1) is 19.2. The van der Waals surface area contributed by atoms with Crippen molar-refractivity contribution in [2.45, 2.75) is 42.0 Å². The molecule has 5 rings (SSSR count). The van der Waals surface area contributed by atoms with Crippen molar-refractivity contribution >= 4 is 62.8 Å². The Morgan fingerprint density at radius 2 is 2.00 bits per heavy atom. The highest BCUT2D eigenvalue weighted by atomic mass is 79.9. The molecule has 1 aliphatic heterocycles. The Morgan fingerprint density at radius 3 is 2.67 bits per heavy atom. The number of esters is 1. The van der Waals surface area contributed by atoms with Crippen LogP contribution in [0.5, 0.6) is 0 Å². The number of aromatic amines is 1. The molecule has 4 heterocycles. The number of carbonyl (C=O) groups excluding carboxylic acids is 1. The van der Waals surface area contributed by atoms with Gasteiger partial charge >= 0.3 is 5.97 Å². The Hall–Kier alpha value is -3.13. The number of aromatic nitrogens is 3. The maximum atomic E-state index is 13.8. The minimum atomic E-state index is -0.688. The first-order valence-electron chi connectivity index (χ1n) is 12.1. The van der Waals surface area contributed by atoms with Crippen LogP contribution in [0.4, 0.5) is 0 Å². The summed E-state index contributed by atoms with van der Waals surface area (Å²) in [6.07, 6.45) is 3.63. The quantitative estimate of drug-likeness (QED) is 0.176. The molecule has 9 nitrogen and oxygen atoms in total. The maximum absolute atomic E-state index is 13.8. The zero-order chi connectivity index (χ0) is 28.6.